The Morgan fingerprint density at radius 3 is 2.67 bits per heavy atom. The van der Waals surface area contributed by atoms with Gasteiger partial charge in [-0.1, -0.05) is 37.3 Å². The molecule has 0 atom stereocenters. The number of aryl methyl sites for hydroxylation is 1. The fraction of sp³-hybridized carbons (Fsp3) is 0.200. The second kappa shape index (κ2) is 8.10. The SMILES string of the molecule is CCc1c(C)sc(NC(=O)COc2ccc3ccccc3c2Br)c1C(N)=O. The third-order valence-electron chi connectivity index (χ3n) is 4.25. The van der Waals surface area contributed by atoms with Crippen LogP contribution in [-0.4, -0.2) is 18.4 Å². The lowest BCUT2D eigenvalue weighted by Gasteiger charge is -2.11. The molecule has 0 aliphatic carbocycles. The largest absolute Gasteiger partial charge is 0.483 e. The number of benzene rings is 2. The van der Waals surface area contributed by atoms with Crippen LogP contribution in [0, 0.1) is 6.92 Å². The first-order chi connectivity index (χ1) is 12.9. The van der Waals surface area contributed by atoms with Crippen LogP contribution in [0.5, 0.6) is 5.75 Å². The maximum absolute atomic E-state index is 12.3. The molecule has 2 aromatic carbocycles. The predicted molar refractivity (Wildman–Crippen MR) is 113 cm³/mol. The fourth-order valence-electron chi connectivity index (χ4n) is 2.98. The third kappa shape index (κ3) is 3.99. The molecule has 3 N–H and O–H groups in total. The lowest BCUT2D eigenvalue weighted by atomic mass is 10.1. The number of ether oxygens (including phenoxy) is 1. The summed E-state index contributed by atoms with van der Waals surface area (Å²) >= 11 is 4.89. The molecule has 0 unspecified atom stereocenters. The van der Waals surface area contributed by atoms with E-state index in [4.69, 9.17) is 10.5 Å². The Morgan fingerprint density at radius 1 is 1.22 bits per heavy atom. The quantitative estimate of drug-likeness (QED) is 0.577. The zero-order valence-corrected chi connectivity index (χ0v) is 17.4. The van der Waals surface area contributed by atoms with Gasteiger partial charge in [-0.25, -0.2) is 0 Å². The molecule has 1 heterocycles. The van der Waals surface area contributed by atoms with Gasteiger partial charge < -0.3 is 15.8 Å². The molecule has 0 aliphatic rings. The van der Waals surface area contributed by atoms with E-state index < -0.39 is 5.91 Å². The van der Waals surface area contributed by atoms with E-state index in [9.17, 15) is 9.59 Å². The van der Waals surface area contributed by atoms with E-state index >= 15 is 0 Å². The summed E-state index contributed by atoms with van der Waals surface area (Å²) in [4.78, 5) is 25.1. The van der Waals surface area contributed by atoms with Crippen molar-refractivity contribution in [3.8, 4) is 5.75 Å². The van der Waals surface area contributed by atoms with Crippen molar-refractivity contribution in [2.75, 3.05) is 11.9 Å². The fourth-order valence-corrected chi connectivity index (χ4v) is 4.76. The Kier molecular flexibility index (Phi) is 5.82. The van der Waals surface area contributed by atoms with E-state index in [1.54, 1.807) is 0 Å². The van der Waals surface area contributed by atoms with E-state index in [2.05, 4.69) is 21.2 Å². The summed E-state index contributed by atoms with van der Waals surface area (Å²) in [6, 6.07) is 11.7. The van der Waals surface area contributed by atoms with Crippen molar-refractivity contribution in [1.29, 1.82) is 0 Å². The van der Waals surface area contributed by atoms with Crippen LogP contribution < -0.4 is 15.8 Å². The summed E-state index contributed by atoms with van der Waals surface area (Å²) in [6.45, 7) is 3.69. The lowest BCUT2D eigenvalue weighted by molar-refractivity contribution is -0.118. The number of hydrogen-bond donors (Lipinski definition) is 2. The van der Waals surface area contributed by atoms with Crippen molar-refractivity contribution < 1.29 is 14.3 Å². The highest BCUT2D eigenvalue weighted by Crippen LogP contribution is 2.34. The van der Waals surface area contributed by atoms with Gasteiger partial charge in [-0.2, -0.15) is 0 Å². The number of fused-ring (bicyclic) bond motifs is 1. The minimum Gasteiger partial charge on any atom is -0.483 e. The van der Waals surface area contributed by atoms with Gasteiger partial charge >= 0.3 is 0 Å². The molecule has 0 saturated heterocycles. The maximum atomic E-state index is 12.3. The summed E-state index contributed by atoms with van der Waals surface area (Å²) < 4.78 is 6.47. The van der Waals surface area contributed by atoms with E-state index in [1.165, 1.54) is 11.3 Å². The average Bonchev–Trinajstić information content (AvgIpc) is 2.96. The second-order valence-corrected chi connectivity index (χ2v) is 8.01. The Bertz CT molecular complexity index is 1030. The minimum atomic E-state index is -0.537. The van der Waals surface area contributed by atoms with Crippen molar-refractivity contribution in [2.45, 2.75) is 20.3 Å². The van der Waals surface area contributed by atoms with Crippen molar-refractivity contribution >= 4 is 54.9 Å². The molecule has 0 bridgehead atoms. The Morgan fingerprint density at radius 2 is 1.96 bits per heavy atom. The molecule has 1 aromatic heterocycles. The number of hydrogen-bond acceptors (Lipinski definition) is 4. The van der Waals surface area contributed by atoms with Crippen LogP contribution in [0.25, 0.3) is 10.8 Å². The van der Waals surface area contributed by atoms with Crippen LogP contribution in [0.15, 0.2) is 40.9 Å². The molecule has 0 saturated carbocycles. The normalized spacial score (nSPS) is 10.8. The first-order valence-electron chi connectivity index (χ1n) is 8.44. The molecule has 0 aliphatic heterocycles. The molecule has 140 valence electrons. The lowest BCUT2D eigenvalue weighted by Crippen LogP contribution is -2.22. The number of carbonyl (C=O) groups is 2. The summed E-state index contributed by atoms with van der Waals surface area (Å²) in [5.74, 6) is -0.304. The van der Waals surface area contributed by atoms with Crippen LogP contribution in [0.4, 0.5) is 5.00 Å². The second-order valence-electron chi connectivity index (χ2n) is 5.99. The van der Waals surface area contributed by atoms with Gasteiger partial charge in [0.05, 0.1) is 10.0 Å². The molecular weight excluding hydrogens is 428 g/mol. The number of nitrogens with one attached hydrogen (secondary N) is 1. The maximum Gasteiger partial charge on any atom is 0.262 e. The van der Waals surface area contributed by atoms with Gasteiger partial charge in [-0.15, -0.1) is 11.3 Å². The van der Waals surface area contributed by atoms with Crippen LogP contribution >= 0.6 is 27.3 Å². The molecule has 7 heteroatoms. The summed E-state index contributed by atoms with van der Waals surface area (Å²) in [5, 5.41) is 5.31. The van der Waals surface area contributed by atoms with E-state index in [1.807, 2.05) is 50.2 Å². The standard InChI is InChI=1S/C20H19BrN2O3S/c1-3-13-11(2)27-20(17(13)19(22)25)23-16(24)10-26-15-9-8-12-6-4-5-7-14(12)18(15)21/h4-9H,3,10H2,1-2H3,(H2,22,25)(H,23,24). The van der Waals surface area contributed by atoms with Gasteiger partial charge in [0, 0.05) is 4.88 Å². The van der Waals surface area contributed by atoms with Crippen molar-refractivity contribution in [3.63, 3.8) is 0 Å². The van der Waals surface area contributed by atoms with Gasteiger partial charge in [0.15, 0.2) is 6.61 Å². The van der Waals surface area contributed by atoms with Gasteiger partial charge in [0.2, 0.25) is 0 Å². The Hall–Kier alpha value is -2.38. The van der Waals surface area contributed by atoms with Crippen molar-refractivity contribution in [3.05, 3.63) is 56.9 Å². The van der Waals surface area contributed by atoms with Gasteiger partial charge in [0.1, 0.15) is 10.8 Å². The van der Waals surface area contributed by atoms with E-state index in [0.717, 1.165) is 25.7 Å². The molecule has 27 heavy (non-hydrogen) atoms. The van der Waals surface area contributed by atoms with Gasteiger partial charge in [0.25, 0.3) is 11.8 Å². The highest BCUT2D eigenvalue weighted by molar-refractivity contribution is 9.10. The number of primary amides is 1. The molecule has 0 radical (unpaired) electrons. The predicted octanol–water partition coefficient (Wildman–Crippen LogP) is 4.65. The van der Waals surface area contributed by atoms with Crippen LogP contribution in [0.3, 0.4) is 0 Å². The van der Waals surface area contributed by atoms with Crippen molar-refractivity contribution in [1.82, 2.24) is 0 Å². The topological polar surface area (TPSA) is 81.4 Å². The number of amides is 2. The first-order valence-corrected chi connectivity index (χ1v) is 10.0. The van der Waals surface area contributed by atoms with Crippen LogP contribution in [0.2, 0.25) is 0 Å². The number of nitrogens with two attached hydrogens (primary N) is 1. The van der Waals surface area contributed by atoms with Gasteiger partial charge in [-0.3, -0.25) is 9.59 Å². The number of halogens is 1. The third-order valence-corrected chi connectivity index (χ3v) is 6.13. The molecule has 0 spiro atoms. The van der Waals surface area contributed by atoms with Crippen molar-refractivity contribution in [2.24, 2.45) is 5.73 Å². The molecule has 3 aromatic rings. The summed E-state index contributed by atoms with van der Waals surface area (Å²) in [6.07, 6.45) is 0.678. The molecule has 2 amide bonds. The highest BCUT2D eigenvalue weighted by atomic mass is 79.9. The number of thiophene rings is 1. The zero-order chi connectivity index (χ0) is 19.6. The zero-order valence-electron chi connectivity index (χ0n) is 15.0. The summed E-state index contributed by atoms with van der Waals surface area (Å²) in [5.41, 5.74) is 6.76. The number of carbonyl (C=O) groups excluding carboxylic acids is 2. The molecular formula is C20H19BrN2O3S. The Labute approximate surface area is 169 Å². The van der Waals surface area contributed by atoms with Gasteiger partial charge in [-0.05, 0) is 51.7 Å². The average molecular weight is 447 g/mol. The summed E-state index contributed by atoms with van der Waals surface area (Å²) in [7, 11) is 0. The monoisotopic (exact) mass is 446 g/mol. The Balaban J connectivity index is 1.74. The highest BCUT2D eigenvalue weighted by Gasteiger charge is 2.20. The molecule has 3 rings (SSSR count). The van der Waals surface area contributed by atoms with E-state index in [0.29, 0.717) is 22.7 Å². The van der Waals surface area contributed by atoms with Crippen LogP contribution in [0.1, 0.15) is 27.7 Å². The van der Waals surface area contributed by atoms with Crippen LogP contribution in [-0.2, 0) is 11.2 Å². The van der Waals surface area contributed by atoms with E-state index in [-0.39, 0.29) is 12.5 Å². The minimum absolute atomic E-state index is 0.173. The first kappa shape index (κ1) is 19.4. The smallest absolute Gasteiger partial charge is 0.262 e. The number of anilines is 1. The molecule has 0 fully saturated rings. The number of rotatable bonds is 6. The molecule has 5 nitrogen and oxygen atoms in total.